The van der Waals surface area contributed by atoms with Gasteiger partial charge in [-0.15, -0.1) is 10.2 Å². The molecule has 0 aromatic carbocycles. The first-order valence-corrected chi connectivity index (χ1v) is 7.59. The Morgan fingerprint density at radius 1 is 1.50 bits per heavy atom. The molecular formula is C15H28N4O. The van der Waals surface area contributed by atoms with Gasteiger partial charge in [-0.3, -0.25) is 0 Å². The van der Waals surface area contributed by atoms with Crippen molar-refractivity contribution in [3.63, 3.8) is 0 Å². The number of hydrogen-bond acceptors (Lipinski definition) is 4. The van der Waals surface area contributed by atoms with Crippen LogP contribution in [0.1, 0.15) is 39.9 Å². The molecular weight excluding hydrogens is 252 g/mol. The molecule has 5 heteroatoms. The van der Waals surface area contributed by atoms with Crippen LogP contribution in [0.25, 0.3) is 0 Å². The molecule has 1 aromatic rings. The third kappa shape index (κ3) is 3.38. The van der Waals surface area contributed by atoms with Crippen molar-refractivity contribution in [1.29, 1.82) is 0 Å². The molecule has 1 heterocycles. The Labute approximate surface area is 122 Å². The molecule has 0 radical (unpaired) electrons. The zero-order chi connectivity index (χ0) is 14.8. The van der Waals surface area contributed by atoms with Gasteiger partial charge in [0, 0.05) is 38.1 Å². The standard InChI is InChI=1S/C15H28N4O/c1-11(2)9-20-13-8-12(15(13,3)4)16-7-6-14-18-17-10-19(14)5/h10-13,16H,6-9H2,1-5H3. The first-order valence-electron chi connectivity index (χ1n) is 7.59. The average molecular weight is 280 g/mol. The van der Waals surface area contributed by atoms with Crippen molar-refractivity contribution in [3.05, 3.63) is 12.2 Å². The van der Waals surface area contributed by atoms with E-state index in [1.54, 1.807) is 6.33 Å². The monoisotopic (exact) mass is 280 g/mol. The fourth-order valence-electron chi connectivity index (χ4n) is 2.71. The van der Waals surface area contributed by atoms with Crippen LogP contribution in [0.2, 0.25) is 0 Å². The molecule has 1 aromatic heterocycles. The number of aryl methyl sites for hydroxylation is 1. The Morgan fingerprint density at radius 3 is 2.80 bits per heavy atom. The van der Waals surface area contributed by atoms with E-state index in [1.165, 1.54) is 0 Å². The lowest BCUT2D eigenvalue weighted by Gasteiger charge is -2.52. The molecule has 114 valence electrons. The summed E-state index contributed by atoms with van der Waals surface area (Å²) in [6.07, 6.45) is 4.16. The molecule has 1 fully saturated rings. The molecule has 1 aliphatic carbocycles. The van der Waals surface area contributed by atoms with E-state index < -0.39 is 0 Å². The predicted molar refractivity (Wildman–Crippen MR) is 79.5 cm³/mol. The van der Waals surface area contributed by atoms with E-state index in [0.717, 1.165) is 31.8 Å². The molecule has 0 saturated heterocycles. The first-order chi connectivity index (χ1) is 9.41. The molecule has 0 aliphatic heterocycles. The van der Waals surface area contributed by atoms with Crippen molar-refractivity contribution in [2.45, 2.75) is 52.7 Å². The number of hydrogen-bond donors (Lipinski definition) is 1. The highest BCUT2D eigenvalue weighted by Gasteiger charge is 2.48. The molecule has 20 heavy (non-hydrogen) atoms. The van der Waals surface area contributed by atoms with Crippen molar-refractivity contribution in [2.24, 2.45) is 18.4 Å². The zero-order valence-electron chi connectivity index (χ0n) is 13.4. The number of aromatic nitrogens is 3. The van der Waals surface area contributed by atoms with Crippen LogP contribution in [-0.2, 0) is 18.2 Å². The second-order valence-electron chi connectivity index (χ2n) is 6.89. The van der Waals surface area contributed by atoms with Gasteiger partial charge >= 0.3 is 0 Å². The second kappa shape index (κ2) is 6.22. The van der Waals surface area contributed by atoms with Crippen molar-refractivity contribution >= 4 is 0 Å². The minimum absolute atomic E-state index is 0.217. The molecule has 2 atom stereocenters. The maximum atomic E-state index is 5.99. The molecule has 0 spiro atoms. The molecule has 1 N–H and O–H groups in total. The lowest BCUT2D eigenvalue weighted by Crippen LogP contribution is -2.61. The van der Waals surface area contributed by atoms with E-state index in [-0.39, 0.29) is 5.41 Å². The summed E-state index contributed by atoms with van der Waals surface area (Å²) in [6.45, 7) is 10.8. The van der Waals surface area contributed by atoms with Gasteiger partial charge in [0.15, 0.2) is 0 Å². The van der Waals surface area contributed by atoms with Crippen molar-refractivity contribution < 1.29 is 4.74 Å². The minimum atomic E-state index is 0.217. The number of nitrogens with one attached hydrogen (secondary N) is 1. The van der Waals surface area contributed by atoms with Crippen molar-refractivity contribution in [3.8, 4) is 0 Å². The van der Waals surface area contributed by atoms with E-state index in [4.69, 9.17) is 4.74 Å². The summed E-state index contributed by atoms with van der Waals surface area (Å²) in [4.78, 5) is 0. The van der Waals surface area contributed by atoms with Crippen LogP contribution in [0.15, 0.2) is 6.33 Å². The summed E-state index contributed by atoms with van der Waals surface area (Å²) in [5.41, 5.74) is 0.217. The first kappa shape index (κ1) is 15.4. The van der Waals surface area contributed by atoms with Gasteiger partial charge in [-0.25, -0.2) is 0 Å². The van der Waals surface area contributed by atoms with Gasteiger partial charge < -0.3 is 14.6 Å². The maximum absolute atomic E-state index is 5.99. The van der Waals surface area contributed by atoms with Crippen molar-refractivity contribution in [1.82, 2.24) is 20.1 Å². The highest BCUT2D eigenvalue weighted by Crippen LogP contribution is 2.42. The van der Waals surface area contributed by atoms with Gasteiger partial charge in [-0.05, 0) is 12.3 Å². The largest absolute Gasteiger partial charge is 0.377 e. The average Bonchev–Trinajstić information content (AvgIpc) is 2.77. The molecule has 1 saturated carbocycles. The molecule has 0 amide bonds. The quantitative estimate of drug-likeness (QED) is 0.827. The fraction of sp³-hybridized carbons (Fsp3) is 0.867. The highest BCUT2D eigenvalue weighted by atomic mass is 16.5. The summed E-state index contributed by atoms with van der Waals surface area (Å²) < 4.78 is 7.96. The Kier molecular flexibility index (Phi) is 4.81. The van der Waals surface area contributed by atoms with Crippen LogP contribution in [0.5, 0.6) is 0 Å². The summed E-state index contributed by atoms with van der Waals surface area (Å²) >= 11 is 0. The van der Waals surface area contributed by atoms with Gasteiger partial charge in [-0.2, -0.15) is 0 Å². The Bertz CT molecular complexity index is 427. The smallest absolute Gasteiger partial charge is 0.133 e. The molecule has 0 bridgehead atoms. The minimum Gasteiger partial charge on any atom is -0.377 e. The van der Waals surface area contributed by atoms with E-state index in [0.29, 0.717) is 18.1 Å². The second-order valence-corrected chi connectivity index (χ2v) is 6.89. The van der Waals surface area contributed by atoms with Crippen LogP contribution in [-0.4, -0.2) is 40.1 Å². The van der Waals surface area contributed by atoms with E-state index in [9.17, 15) is 0 Å². The summed E-state index contributed by atoms with van der Waals surface area (Å²) in [5, 5.41) is 11.6. The molecule has 2 unspecified atom stereocenters. The number of ether oxygens (including phenoxy) is 1. The van der Waals surface area contributed by atoms with E-state index in [1.807, 2.05) is 11.6 Å². The normalized spacial score (nSPS) is 24.9. The highest BCUT2D eigenvalue weighted by molar-refractivity contribution is 5.03. The SMILES string of the molecule is CC(C)COC1CC(NCCc2nncn2C)C1(C)C. The third-order valence-corrected chi connectivity index (χ3v) is 4.35. The summed E-state index contributed by atoms with van der Waals surface area (Å²) in [7, 11) is 1.98. The van der Waals surface area contributed by atoms with E-state index in [2.05, 4.69) is 43.2 Å². The van der Waals surface area contributed by atoms with Crippen LogP contribution in [0, 0.1) is 11.3 Å². The Morgan fingerprint density at radius 2 is 2.25 bits per heavy atom. The Hall–Kier alpha value is -0.940. The number of rotatable bonds is 7. The van der Waals surface area contributed by atoms with E-state index >= 15 is 0 Å². The van der Waals surface area contributed by atoms with Gasteiger partial charge in [0.25, 0.3) is 0 Å². The summed E-state index contributed by atoms with van der Waals surface area (Å²) in [6, 6.07) is 0.535. The molecule has 1 aliphatic rings. The fourth-order valence-corrected chi connectivity index (χ4v) is 2.71. The van der Waals surface area contributed by atoms with Gasteiger partial charge in [0.2, 0.25) is 0 Å². The molecule has 2 rings (SSSR count). The number of nitrogens with zero attached hydrogens (tertiary/aromatic N) is 3. The topological polar surface area (TPSA) is 52.0 Å². The van der Waals surface area contributed by atoms with Gasteiger partial charge in [0.1, 0.15) is 12.2 Å². The van der Waals surface area contributed by atoms with Crippen LogP contribution in [0.3, 0.4) is 0 Å². The summed E-state index contributed by atoms with van der Waals surface area (Å²) in [5.74, 6) is 1.64. The van der Waals surface area contributed by atoms with Gasteiger partial charge in [-0.1, -0.05) is 27.7 Å². The van der Waals surface area contributed by atoms with Crippen LogP contribution in [0.4, 0.5) is 0 Å². The zero-order valence-corrected chi connectivity index (χ0v) is 13.4. The van der Waals surface area contributed by atoms with Crippen LogP contribution >= 0.6 is 0 Å². The third-order valence-electron chi connectivity index (χ3n) is 4.35. The molecule has 5 nitrogen and oxygen atoms in total. The van der Waals surface area contributed by atoms with Crippen LogP contribution < -0.4 is 5.32 Å². The lowest BCUT2D eigenvalue weighted by molar-refractivity contribution is -0.123. The van der Waals surface area contributed by atoms with Crippen molar-refractivity contribution in [2.75, 3.05) is 13.2 Å². The predicted octanol–water partition coefficient (Wildman–Crippen LogP) is 1.79. The maximum Gasteiger partial charge on any atom is 0.133 e. The lowest BCUT2D eigenvalue weighted by atomic mass is 9.64. The Balaban J connectivity index is 1.71. The van der Waals surface area contributed by atoms with Gasteiger partial charge in [0.05, 0.1) is 6.10 Å².